The average molecular weight is 276 g/mol. The zero-order valence-electron chi connectivity index (χ0n) is 11.4. The van der Waals surface area contributed by atoms with Gasteiger partial charge in [-0.25, -0.2) is 4.39 Å². The van der Waals surface area contributed by atoms with Crippen LogP contribution in [0.4, 0.5) is 15.8 Å². The molecule has 2 aromatic carbocycles. The van der Waals surface area contributed by atoms with E-state index in [1.165, 1.54) is 13.2 Å². The summed E-state index contributed by atoms with van der Waals surface area (Å²) in [5, 5.41) is 3.02. The molecule has 0 atom stereocenters. The van der Waals surface area contributed by atoms with E-state index in [1.807, 2.05) is 24.3 Å². The second-order valence-corrected chi connectivity index (χ2v) is 4.28. The topological polar surface area (TPSA) is 56.5 Å². The predicted molar refractivity (Wildman–Crippen MR) is 77.7 cm³/mol. The zero-order chi connectivity index (χ0) is 14.5. The molecular formula is C15H17FN2O2. The Morgan fingerprint density at radius 3 is 2.65 bits per heavy atom. The molecule has 0 heterocycles. The Morgan fingerprint density at radius 1 is 1.15 bits per heavy atom. The fraction of sp³-hybridized carbons (Fsp3) is 0.200. The molecule has 5 heteroatoms. The fourth-order valence-corrected chi connectivity index (χ4v) is 1.86. The van der Waals surface area contributed by atoms with Gasteiger partial charge in [0.1, 0.15) is 17.3 Å². The van der Waals surface area contributed by atoms with E-state index in [2.05, 4.69) is 5.32 Å². The smallest absolute Gasteiger partial charge is 0.148 e. The van der Waals surface area contributed by atoms with Crippen LogP contribution >= 0.6 is 0 Å². The summed E-state index contributed by atoms with van der Waals surface area (Å²) in [6.07, 6.45) is 0. The van der Waals surface area contributed by atoms with Crippen LogP contribution in [0.3, 0.4) is 0 Å². The number of benzene rings is 2. The molecule has 0 aliphatic heterocycles. The van der Waals surface area contributed by atoms with Gasteiger partial charge in [0.2, 0.25) is 0 Å². The highest BCUT2D eigenvalue weighted by atomic mass is 19.1. The van der Waals surface area contributed by atoms with Gasteiger partial charge in [-0.1, -0.05) is 12.1 Å². The number of methoxy groups -OCH3 is 2. The lowest BCUT2D eigenvalue weighted by molar-refractivity contribution is 0.414. The second kappa shape index (κ2) is 6.14. The molecule has 0 radical (unpaired) electrons. The van der Waals surface area contributed by atoms with Crippen LogP contribution in [0.25, 0.3) is 0 Å². The number of halogens is 1. The molecule has 0 aliphatic carbocycles. The van der Waals surface area contributed by atoms with Gasteiger partial charge < -0.3 is 20.5 Å². The van der Waals surface area contributed by atoms with Crippen molar-refractivity contribution in [3.8, 4) is 11.5 Å². The number of nitrogens with two attached hydrogens (primary N) is 1. The Labute approximate surface area is 117 Å². The third-order valence-electron chi connectivity index (χ3n) is 2.94. The van der Waals surface area contributed by atoms with Crippen molar-refractivity contribution < 1.29 is 13.9 Å². The van der Waals surface area contributed by atoms with E-state index in [1.54, 1.807) is 13.2 Å². The highest BCUT2D eigenvalue weighted by Crippen LogP contribution is 2.28. The maximum atomic E-state index is 13.8. The van der Waals surface area contributed by atoms with Crippen molar-refractivity contribution in [3.63, 3.8) is 0 Å². The molecule has 2 aromatic rings. The highest BCUT2D eigenvalue weighted by Gasteiger charge is 2.08. The van der Waals surface area contributed by atoms with Gasteiger partial charge >= 0.3 is 0 Å². The van der Waals surface area contributed by atoms with Gasteiger partial charge in [0.05, 0.1) is 25.6 Å². The molecule has 0 aliphatic rings. The van der Waals surface area contributed by atoms with E-state index in [-0.39, 0.29) is 5.69 Å². The fourth-order valence-electron chi connectivity index (χ4n) is 1.86. The number of ether oxygens (including phenoxy) is 2. The number of nitrogens with one attached hydrogen (secondary N) is 1. The maximum absolute atomic E-state index is 13.8. The Morgan fingerprint density at radius 2 is 1.95 bits per heavy atom. The van der Waals surface area contributed by atoms with Crippen molar-refractivity contribution >= 4 is 11.4 Å². The second-order valence-electron chi connectivity index (χ2n) is 4.28. The minimum Gasteiger partial charge on any atom is -0.497 e. The van der Waals surface area contributed by atoms with Gasteiger partial charge in [-0.05, 0) is 17.7 Å². The zero-order valence-corrected chi connectivity index (χ0v) is 11.4. The molecule has 0 spiro atoms. The number of anilines is 2. The lowest BCUT2D eigenvalue weighted by Crippen LogP contribution is -2.03. The first-order valence-corrected chi connectivity index (χ1v) is 6.14. The molecule has 0 amide bonds. The summed E-state index contributed by atoms with van der Waals surface area (Å²) in [6.45, 7) is 0.473. The molecule has 0 bridgehead atoms. The third kappa shape index (κ3) is 3.12. The van der Waals surface area contributed by atoms with Crippen molar-refractivity contribution in [2.75, 3.05) is 25.3 Å². The minimum absolute atomic E-state index is 0.275. The number of nitrogen functional groups attached to an aromatic ring is 1. The quantitative estimate of drug-likeness (QED) is 0.824. The summed E-state index contributed by atoms with van der Waals surface area (Å²) in [7, 11) is 3.10. The molecule has 0 aromatic heterocycles. The summed E-state index contributed by atoms with van der Waals surface area (Å²) in [5.41, 5.74) is 7.24. The summed E-state index contributed by atoms with van der Waals surface area (Å²) in [5.74, 6) is 0.797. The van der Waals surface area contributed by atoms with Crippen LogP contribution in [0.15, 0.2) is 36.4 Å². The number of hydrogen-bond donors (Lipinski definition) is 2. The van der Waals surface area contributed by atoms with Gasteiger partial charge in [-0.2, -0.15) is 0 Å². The predicted octanol–water partition coefficient (Wildman–Crippen LogP) is 3.04. The molecule has 0 fully saturated rings. The van der Waals surface area contributed by atoms with Crippen molar-refractivity contribution in [1.82, 2.24) is 0 Å². The summed E-state index contributed by atoms with van der Waals surface area (Å²) in [6, 6.07) is 10.4. The van der Waals surface area contributed by atoms with Crippen LogP contribution in [0, 0.1) is 5.82 Å². The first kappa shape index (κ1) is 14.0. The van der Waals surface area contributed by atoms with E-state index in [0.29, 0.717) is 18.0 Å². The Bertz CT molecular complexity index is 602. The first-order valence-electron chi connectivity index (χ1n) is 6.14. The van der Waals surface area contributed by atoms with Crippen molar-refractivity contribution in [1.29, 1.82) is 0 Å². The van der Waals surface area contributed by atoms with Gasteiger partial charge in [-0.3, -0.25) is 0 Å². The Hall–Kier alpha value is -2.43. The van der Waals surface area contributed by atoms with Crippen LogP contribution in [-0.2, 0) is 6.54 Å². The van der Waals surface area contributed by atoms with Gasteiger partial charge in [0.15, 0.2) is 0 Å². The molecule has 3 N–H and O–H groups in total. The Kier molecular flexibility index (Phi) is 4.30. The molecule has 106 valence electrons. The van der Waals surface area contributed by atoms with E-state index >= 15 is 0 Å². The molecule has 2 rings (SSSR count). The molecule has 0 unspecified atom stereocenters. The minimum atomic E-state index is -0.411. The normalized spacial score (nSPS) is 10.2. The summed E-state index contributed by atoms with van der Waals surface area (Å²) in [4.78, 5) is 0. The summed E-state index contributed by atoms with van der Waals surface area (Å²) >= 11 is 0. The monoisotopic (exact) mass is 276 g/mol. The summed E-state index contributed by atoms with van der Waals surface area (Å²) < 4.78 is 24.0. The molecule has 4 nitrogen and oxygen atoms in total. The largest absolute Gasteiger partial charge is 0.497 e. The van der Waals surface area contributed by atoms with Crippen LogP contribution < -0.4 is 20.5 Å². The molecular weight excluding hydrogens is 259 g/mol. The van der Waals surface area contributed by atoms with Gasteiger partial charge in [-0.15, -0.1) is 0 Å². The standard InChI is InChI=1S/C15H17FN2O2/c1-19-11-5-3-4-10(6-11)9-18-14-8-15(20-2)13(17)7-12(14)16/h3-8,18H,9,17H2,1-2H3. The van der Waals surface area contributed by atoms with E-state index < -0.39 is 5.82 Å². The maximum Gasteiger partial charge on any atom is 0.148 e. The van der Waals surface area contributed by atoms with Crippen molar-refractivity contribution in [2.24, 2.45) is 0 Å². The third-order valence-corrected chi connectivity index (χ3v) is 2.94. The van der Waals surface area contributed by atoms with Crippen LogP contribution in [0.1, 0.15) is 5.56 Å². The molecule has 0 saturated carbocycles. The van der Waals surface area contributed by atoms with Crippen LogP contribution in [0.2, 0.25) is 0 Å². The van der Waals surface area contributed by atoms with Gasteiger partial charge in [0, 0.05) is 18.7 Å². The molecule has 20 heavy (non-hydrogen) atoms. The first-order chi connectivity index (χ1) is 9.63. The Balaban J connectivity index is 2.14. The van der Waals surface area contributed by atoms with E-state index in [9.17, 15) is 4.39 Å². The van der Waals surface area contributed by atoms with Crippen molar-refractivity contribution in [2.45, 2.75) is 6.54 Å². The van der Waals surface area contributed by atoms with Crippen molar-refractivity contribution in [3.05, 3.63) is 47.8 Å². The van der Waals surface area contributed by atoms with Crippen LogP contribution in [0.5, 0.6) is 11.5 Å². The van der Waals surface area contributed by atoms with E-state index in [0.717, 1.165) is 11.3 Å². The SMILES string of the molecule is COc1cccc(CNc2cc(OC)c(N)cc2F)c1. The lowest BCUT2D eigenvalue weighted by atomic mass is 10.2. The van der Waals surface area contributed by atoms with E-state index in [4.69, 9.17) is 15.2 Å². The van der Waals surface area contributed by atoms with Gasteiger partial charge in [0.25, 0.3) is 0 Å². The van der Waals surface area contributed by atoms with Crippen LogP contribution in [-0.4, -0.2) is 14.2 Å². The number of rotatable bonds is 5. The molecule has 0 saturated heterocycles. The number of hydrogen-bond acceptors (Lipinski definition) is 4. The highest BCUT2D eigenvalue weighted by molar-refractivity contribution is 5.62. The average Bonchev–Trinajstić information content (AvgIpc) is 2.46. The lowest BCUT2D eigenvalue weighted by Gasteiger charge is -2.12.